The summed E-state index contributed by atoms with van der Waals surface area (Å²) in [6, 6.07) is 10.0. The van der Waals surface area contributed by atoms with Gasteiger partial charge in [-0.1, -0.05) is 43.7 Å². The highest BCUT2D eigenvalue weighted by atomic mass is 16.1. The summed E-state index contributed by atoms with van der Waals surface area (Å²) in [6.45, 7) is 6.02. The average Bonchev–Trinajstić information content (AvgIpc) is 2.37. The number of rotatable bonds is 7. The van der Waals surface area contributed by atoms with Crippen molar-refractivity contribution in [2.75, 3.05) is 20.1 Å². The van der Waals surface area contributed by atoms with Gasteiger partial charge >= 0.3 is 0 Å². The molecular formula is C15H23NO. The molecule has 0 saturated heterocycles. The number of carbonyl (C=O) groups is 1. The summed E-state index contributed by atoms with van der Waals surface area (Å²) in [5.74, 6) is 0. The molecule has 0 spiro atoms. The molecule has 1 rings (SSSR count). The van der Waals surface area contributed by atoms with E-state index in [0.717, 1.165) is 24.9 Å². The maximum absolute atomic E-state index is 11.4. The quantitative estimate of drug-likeness (QED) is 0.675. The van der Waals surface area contributed by atoms with E-state index in [2.05, 4.69) is 18.9 Å². The third-order valence-electron chi connectivity index (χ3n) is 3.19. The van der Waals surface area contributed by atoms with Crippen molar-refractivity contribution in [2.24, 2.45) is 0 Å². The van der Waals surface area contributed by atoms with Crippen molar-refractivity contribution in [3.8, 4) is 0 Å². The van der Waals surface area contributed by atoms with Crippen molar-refractivity contribution in [2.45, 2.75) is 32.1 Å². The monoisotopic (exact) mass is 233 g/mol. The van der Waals surface area contributed by atoms with Crippen LogP contribution in [0, 0.1) is 0 Å². The normalized spacial score (nSPS) is 14.6. The maximum atomic E-state index is 11.4. The van der Waals surface area contributed by atoms with Gasteiger partial charge in [0, 0.05) is 6.54 Å². The molecule has 17 heavy (non-hydrogen) atoms. The van der Waals surface area contributed by atoms with E-state index in [-0.39, 0.29) is 0 Å². The van der Waals surface area contributed by atoms with Gasteiger partial charge in [0.05, 0.1) is 5.41 Å². The van der Waals surface area contributed by atoms with Gasteiger partial charge in [-0.25, -0.2) is 0 Å². The zero-order chi connectivity index (χ0) is 12.7. The molecule has 0 aromatic heterocycles. The standard InChI is InChI=1S/C15H23NO/c1-4-5-11-16(3)12-15(2,13-17)14-9-7-6-8-10-14/h6-10,13H,4-5,11-12H2,1-3H3. The molecule has 0 aliphatic heterocycles. The van der Waals surface area contributed by atoms with E-state index in [1.54, 1.807) is 0 Å². The highest BCUT2D eigenvalue weighted by molar-refractivity contribution is 5.68. The molecule has 0 heterocycles. The van der Waals surface area contributed by atoms with Crippen LogP contribution in [-0.2, 0) is 10.2 Å². The fraction of sp³-hybridized carbons (Fsp3) is 0.533. The molecule has 1 unspecified atom stereocenters. The Kier molecular flexibility index (Phi) is 5.36. The Balaban J connectivity index is 2.72. The largest absolute Gasteiger partial charge is 0.305 e. The summed E-state index contributed by atoms with van der Waals surface area (Å²) >= 11 is 0. The first-order valence-corrected chi connectivity index (χ1v) is 6.33. The molecule has 0 amide bonds. The molecule has 2 heteroatoms. The summed E-state index contributed by atoms with van der Waals surface area (Å²) in [4.78, 5) is 13.7. The Morgan fingerprint density at radius 2 is 1.94 bits per heavy atom. The minimum Gasteiger partial charge on any atom is -0.305 e. The highest BCUT2D eigenvalue weighted by Gasteiger charge is 2.27. The smallest absolute Gasteiger partial charge is 0.131 e. The first-order chi connectivity index (χ1) is 8.12. The van der Waals surface area contributed by atoms with Gasteiger partial charge in [-0.2, -0.15) is 0 Å². The predicted octanol–water partition coefficient (Wildman–Crippen LogP) is 2.88. The van der Waals surface area contributed by atoms with Crippen LogP contribution in [0.4, 0.5) is 0 Å². The first kappa shape index (κ1) is 13.9. The van der Waals surface area contributed by atoms with Gasteiger partial charge in [-0.3, -0.25) is 0 Å². The van der Waals surface area contributed by atoms with Gasteiger partial charge in [0.25, 0.3) is 0 Å². The lowest BCUT2D eigenvalue weighted by Crippen LogP contribution is -2.38. The average molecular weight is 233 g/mol. The third kappa shape index (κ3) is 3.97. The van der Waals surface area contributed by atoms with Crippen molar-refractivity contribution >= 4 is 6.29 Å². The van der Waals surface area contributed by atoms with Gasteiger partial charge in [0.15, 0.2) is 0 Å². The van der Waals surface area contributed by atoms with Crippen LogP contribution in [0.15, 0.2) is 30.3 Å². The second-order valence-corrected chi connectivity index (χ2v) is 4.99. The van der Waals surface area contributed by atoms with Crippen molar-refractivity contribution in [3.05, 3.63) is 35.9 Å². The molecule has 1 aromatic carbocycles. The van der Waals surface area contributed by atoms with E-state index < -0.39 is 5.41 Å². The number of carbonyl (C=O) groups excluding carboxylic acids is 1. The minimum absolute atomic E-state index is 0.399. The van der Waals surface area contributed by atoms with Crippen molar-refractivity contribution < 1.29 is 4.79 Å². The zero-order valence-electron chi connectivity index (χ0n) is 11.1. The van der Waals surface area contributed by atoms with Crippen molar-refractivity contribution in [1.82, 2.24) is 4.90 Å². The number of benzene rings is 1. The Morgan fingerprint density at radius 1 is 1.29 bits per heavy atom. The summed E-state index contributed by atoms with van der Waals surface area (Å²) in [7, 11) is 2.08. The van der Waals surface area contributed by atoms with Crippen molar-refractivity contribution in [1.29, 1.82) is 0 Å². The van der Waals surface area contributed by atoms with E-state index in [9.17, 15) is 4.79 Å². The lowest BCUT2D eigenvalue weighted by Gasteiger charge is -2.29. The molecule has 1 aromatic rings. The molecule has 0 bridgehead atoms. The molecular weight excluding hydrogens is 210 g/mol. The van der Waals surface area contributed by atoms with Crippen LogP contribution in [0.5, 0.6) is 0 Å². The Hall–Kier alpha value is -1.15. The molecule has 94 valence electrons. The predicted molar refractivity (Wildman–Crippen MR) is 72.3 cm³/mol. The minimum atomic E-state index is -0.399. The van der Waals surface area contributed by atoms with Crippen LogP contribution in [0.25, 0.3) is 0 Å². The second kappa shape index (κ2) is 6.55. The van der Waals surface area contributed by atoms with Crippen LogP contribution in [0.2, 0.25) is 0 Å². The molecule has 0 saturated carbocycles. The SMILES string of the molecule is CCCCN(C)CC(C)(C=O)c1ccccc1. The van der Waals surface area contributed by atoms with Gasteiger partial charge in [0.2, 0.25) is 0 Å². The Labute approximate surface area is 105 Å². The number of likely N-dealkylation sites (N-methyl/N-ethyl adjacent to an activating group) is 1. The van der Waals surface area contributed by atoms with Crippen LogP contribution < -0.4 is 0 Å². The zero-order valence-corrected chi connectivity index (χ0v) is 11.1. The maximum Gasteiger partial charge on any atom is 0.131 e. The molecule has 0 aliphatic carbocycles. The Bertz CT molecular complexity index is 336. The van der Waals surface area contributed by atoms with Crippen LogP contribution in [0.3, 0.4) is 0 Å². The van der Waals surface area contributed by atoms with E-state index in [4.69, 9.17) is 0 Å². The highest BCUT2D eigenvalue weighted by Crippen LogP contribution is 2.22. The molecule has 0 N–H and O–H groups in total. The molecule has 1 atom stereocenters. The summed E-state index contributed by atoms with van der Waals surface area (Å²) in [5.41, 5.74) is 0.697. The van der Waals surface area contributed by atoms with Crippen molar-refractivity contribution in [3.63, 3.8) is 0 Å². The summed E-state index contributed by atoms with van der Waals surface area (Å²) in [5, 5.41) is 0. The lowest BCUT2D eigenvalue weighted by molar-refractivity contribution is -0.112. The lowest BCUT2D eigenvalue weighted by atomic mass is 9.83. The number of nitrogens with zero attached hydrogens (tertiary/aromatic N) is 1. The van der Waals surface area contributed by atoms with E-state index in [0.29, 0.717) is 0 Å². The fourth-order valence-corrected chi connectivity index (χ4v) is 2.08. The number of hydrogen-bond donors (Lipinski definition) is 0. The van der Waals surface area contributed by atoms with Gasteiger partial charge in [0.1, 0.15) is 6.29 Å². The molecule has 0 fully saturated rings. The number of unbranched alkanes of at least 4 members (excludes halogenated alkanes) is 1. The topological polar surface area (TPSA) is 20.3 Å². The molecule has 2 nitrogen and oxygen atoms in total. The van der Waals surface area contributed by atoms with E-state index >= 15 is 0 Å². The van der Waals surface area contributed by atoms with E-state index in [1.165, 1.54) is 12.8 Å². The summed E-state index contributed by atoms with van der Waals surface area (Å²) in [6.07, 6.45) is 3.44. The van der Waals surface area contributed by atoms with Gasteiger partial charge in [-0.15, -0.1) is 0 Å². The number of aldehydes is 1. The molecule has 0 radical (unpaired) electrons. The fourth-order valence-electron chi connectivity index (χ4n) is 2.08. The third-order valence-corrected chi connectivity index (χ3v) is 3.19. The molecule has 0 aliphatic rings. The Morgan fingerprint density at radius 3 is 2.47 bits per heavy atom. The van der Waals surface area contributed by atoms with Gasteiger partial charge in [-0.05, 0) is 32.5 Å². The van der Waals surface area contributed by atoms with Gasteiger partial charge < -0.3 is 9.69 Å². The summed E-state index contributed by atoms with van der Waals surface area (Å²) < 4.78 is 0. The second-order valence-electron chi connectivity index (χ2n) is 4.99. The number of hydrogen-bond acceptors (Lipinski definition) is 2. The van der Waals surface area contributed by atoms with Crippen LogP contribution in [0.1, 0.15) is 32.3 Å². The first-order valence-electron chi connectivity index (χ1n) is 6.33. The van der Waals surface area contributed by atoms with Crippen LogP contribution in [-0.4, -0.2) is 31.3 Å². The van der Waals surface area contributed by atoms with E-state index in [1.807, 2.05) is 37.3 Å². The van der Waals surface area contributed by atoms with Crippen LogP contribution >= 0.6 is 0 Å².